The first kappa shape index (κ1) is 11.4. The minimum absolute atomic E-state index is 0.259. The number of nitrogen functional groups attached to an aromatic ring is 1. The van der Waals surface area contributed by atoms with Crippen LogP contribution in [-0.4, -0.2) is 0 Å². The number of benzene rings is 2. The van der Waals surface area contributed by atoms with Crippen molar-refractivity contribution in [2.24, 2.45) is 0 Å². The third kappa shape index (κ3) is 1.81. The first-order valence-corrected chi connectivity index (χ1v) is 6.09. The summed E-state index contributed by atoms with van der Waals surface area (Å²) in [5.41, 5.74) is 9.45. The number of hydrogen-bond acceptors (Lipinski definition) is 2. The number of nitrogens with zero attached hydrogens (tertiary/aromatic N) is 1. The number of anilines is 2. The summed E-state index contributed by atoms with van der Waals surface area (Å²) in [6.45, 7) is 1.29. The second kappa shape index (κ2) is 4.18. The normalized spacial score (nSPS) is 13.8. The molecule has 0 amide bonds. The molecule has 0 radical (unpaired) electrons. The van der Waals surface area contributed by atoms with Crippen molar-refractivity contribution >= 4 is 23.0 Å². The van der Waals surface area contributed by atoms with Gasteiger partial charge in [-0.25, -0.2) is 4.39 Å². The van der Waals surface area contributed by atoms with Gasteiger partial charge in [-0.2, -0.15) is 0 Å². The van der Waals surface area contributed by atoms with E-state index in [0.717, 1.165) is 16.8 Å². The highest BCUT2D eigenvalue weighted by Crippen LogP contribution is 2.33. The fourth-order valence-corrected chi connectivity index (χ4v) is 2.51. The third-order valence-electron chi connectivity index (χ3n) is 3.27. The van der Waals surface area contributed by atoms with E-state index in [9.17, 15) is 4.39 Å². The molecule has 0 fully saturated rings. The van der Waals surface area contributed by atoms with Crippen molar-refractivity contribution in [1.82, 2.24) is 0 Å². The smallest absolute Gasteiger partial charge is 0.146 e. The van der Waals surface area contributed by atoms with E-state index in [1.54, 1.807) is 12.1 Å². The Morgan fingerprint density at radius 1 is 1.17 bits per heavy atom. The summed E-state index contributed by atoms with van der Waals surface area (Å²) in [4.78, 5) is 1.95. The van der Waals surface area contributed by atoms with E-state index in [-0.39, 0.29) is 5.82 Å². The minimum atomic E-state index is -0.259. The summed E-state index contributed by atoms with van der Waals surface area (Å²) in [6, 6.07) is 10.4. The van der Waals surface area contributed by atoms with Crippen LogP contribution in [0.4, 0.5) is 15.8 Å². The van der Waals surface area contributed by atoms with Gasteiger partial charge in [0.1, 0.15) is 5.82 Å². The van der Waals surface area contributed by atoms with Gasteiger partial charge in [-0.1, -0.05) is 23.7 Å². The van der Waals surface area contributed by atoms with Crippen LogP contribution in [0, 0.1) is 5.82 Å². The van der Waals surface area contributed by atoms with Crippen molar-refractivity contribution in [2.75, 3.05) is 10.6 Å². The lowest BCUT2D eigenvalue weighted by Crippen LogP contribution is -2.16. The van der Waals surface area contributed by atoms with E-state index in [1.807, 2.05) is 23.1 Å². The Bertz CT molecular complexity index is 613. The van der Waals surface area contributed by atoms with Gasteiger partial charge in [0.05, 0.1) is 5.69 Å². The molecule has 1 heterocycles. The molecule has 0 aromatic heterocycles. The van der Waals surface area contributed by atoms with Crippen LogP contribution in [0.2, 0.25) is 5.02 Å². The van der Waals surface area contributed by atoms with Gasteiger partial charge < -0.3 is 10.6 Å². The molecule has 4 heteroatoms. The molecule has 0 saturated carbocycles. The lowest BCUT2D eigenvalue weighted by atomic mass is 10.1. The Morgan fingerprint density at radius 3 is 2.78 bits per heavy atom. The van der Waals surface area contributed by atoms with Crippen molar-refractivity contribution in [3.8, 4) is 0 Å². The highest BCUT2D eigenvalue weighted by Gasteiger charge is 2.23. The predicted molar refractivity (Wildman–Crippen MR) is 72.2 cm³/mol. The van der Waals surface area contributed by atoms with Gasteiger partial charge in [-0.3, -0.25) is 0 Å². The van der Waals surface area contributed by atoms with Gasteiger partial charge in [0.15, 0.2) is 0 Å². The van der Waals surface area contributed by atoms with Crippen LogP contribution in [0.15, 0.2) is 36.4 Å². The number of halogens is 2. The van der Waals surface area contributed by atoms with Crippen molar-refractivity contribution in [2.45, 2.75) is 13.1 Å². The SMILES string of the molecule is Nc1cccc2c1CN(c1cc(Cl)ccc1F)C2. The summed E-state index contributed by atoms with van der Waals surface area (Å²) >= 11 is 5.92. The molecule has 2 aromatic carbocycles. The summed E-state index contributed by atoms with van der Waals surface area (Å²) in [5, 5.41) is 0.537. The molecule has 0 spiro atoms. The van der Waals surface area contributed by atoms with Crippen molar-refractivity contribution in [1.29, 1.82) is 0 Å². The molecular formula is C14H12ClFN2. The van der Waals surface area contributed by atoms with Crippen LogP contribution in [0.5, 0.6) is 0 Å². The molecule has 0 atom stereocenters. The fourth-order valence-electron chi connectivity index (χ4n) is 2.35. The first-order chi connectivity index (χ1) is 8.65. The molecule has 2 nitrogen and oxygen atoms in total. The Balaban J connectivity index is 1.99. The van der Waals surface area contributed by atoms with Crippen LogP contribution in [0.1, 0.15) is 11.1 Å². The average Bonchev–Trinajstić information content (AvgIpc) is 2.77. The topological polar surface area (TPSA) is 29.3 Å². The van der Waals surface area contributed by atoms with Gasteiger partial charge in [-0.15, -0.1) is 0 Å². The second-order valence-corrected chi connectivity index (χ2v) is 4.87. The van der Waals surface area contributed by atoms with E-state index >= 15 is 0 Å². The van der Waals surface area contributed by atoms with Crippen molar-refractivity contribution < 1.29 is 4.39 Å². The monoisotopic (exact) mass is 262 g/mol. The average molecular weight is 263 g/mol. The number of hydrogen-bond donors (Lipinski definition) is 1. The molecule has 0 saturated heterocycles. The van der Waals surface area contributed by atoms with E-state index in [1.165, 1.54) is 6.07 Å². The van der Waals surface area contributed by atoms with Crippen LogP contribution < -0.4 is 10.6 Å². The van der Waals surface area contributed by atoms with Gasteiger partial charge in [0, 0.05) is 23.8 Å². The molecule has 92 valence electrons. The summed E-state index contributed by atoms with van der Waals surface area (Å²) in [7, 11) is 0. The Kier molecular flexibility index (Phi) is 2.63. The maximum absolute atomic E-state index is 13.8. The molecule has 3 rings (SSSR count). The van der Waals surface area contributed by atoms with Crippen molar-refractivity contribution in [3.05, 3.63) is 58.4 Å². The number of rotatable bonds is 1. The zero-order valence-corrected chi connectivity index (χ0v) is 10.4. The lowest BCUT2D eigenvalue weighted by Gasteiger charge is -2.18. The summed E-state index contributed by atoms with van der Waals surface area (Å²) in [5.74, 6) is -0.259. The van der Waals surface area contributed by atoms with E-state index in [4.69, 9.17) is 17.3 Å². The largest absolute Gasteiger partial charge is 0.398 e. The molecular weight excluding hydrogens is 251 g/mol. The molecule has 0 bridgehead atoms. The Labute approximate surface area is 110 Å². The minimum Gasteiger partial charge on any atom is -0.398 e. The van der Waals surface area contributed by atoms with E-state index in [2.05, 4.69) is 0 Å². The fraction of sp³-hybridized carbons (Fsp3) is 0.143. The van der Waals surface area contributed by atoms with Gasteiger partial charge in [0.2, 0.25) is 0 Å². The predicted octanol–water partition coefficient (Wildman–Crippen LogP) is 3.58. The number of fused-ring (bicyclic) bond motifs is 1. The van der Waals surface area contributed by atoms with Crippen molar-refractivity contribution in [3.63, 3.8) is 0 Å². The van der Waals surface area contributed by atoms with Crippen LogP contribution >= 0.6 is 11.6 Å². The number of nitrogens with two attached hydrogens (primary N) is 1. The lowest BCUT2D eigenvalue weighted by molar-refractivity contribution is 0.619. The maximum atomic E-state index is 13.8. The first-order valence-electron chi connectivity index (χ1n) is 5.71. The molecule has 18 heavy (non-hydrogen) atoms. The molecule has 1 aliphatic heterocycles. The maximum Gasteiger partial charge on any atom is 0.146 e. The zero-order valence-electron chi connectivity index (χ0n) is 9.66. The van der Waals surface area contributed by atoms with Crippen LogP contribution in [0.3, 0.4) is 0 Å². The van der Waals surface area contributed by atoms with E-state index in [0.29, 0.717) is 23.8 Å². The Hall–Kier alpha value is -1.74. The molecule has 0 aliphatic carbocycles. The molecule has 2 N–H and O–H groups in total. The highest BCUT2D eigenvalue weighted by atomic mass is 35.5. The summed E-state index contributed by atoms with van der Waals surface area (Å²) in [6.07, 6.45) is 0. The molecule has 1 aliphatic rings. The Morgan fingerprint density at radius 2 is 2.00 bits per heavy atom. The standard InChI is InChI=1S/C14H12ClFN2/c15-10-4-5-12(16)14(6-10)18-7-9-2-1-3-13(17)11(9)8-18/h1-6H,7-8,17H2. The second-order valence-electron chi connectivity index (χ2n) is 4.44. The van der Waals surface area contributed by atoms with Gasteiger partial charge in [0.25, 0.3) is 0 Å². The molecule has 0 unspecified atom stereocenters. The van der Waals surface area contributed by atoms with Gasteiger partial charge in [-0.05, 0) is 35.4 Å². The third-order valence-corrected chi connectivity index (χ3v) is 3.50. The van der Waals surface area contributed by atoms with E-state index < -0.39 is 0 Å². The quantitative estimate of drug-likeness (QED) is 0.796. The van der Waals surface area contributed by atoms with Crippen LogP contribution in [-0.2, 0) is 13.1 Å². The van der Waals surface area contributed by atoms with Crippen LogP contribution in [0.25, 0.3) is 0 Å². The summed E-state index contributed by atoms with van der Waals surface area (Å²) < 4.78 is 13.8. The van der Waals surface area contributed by atoms with Gasteiger partial charge >= 0.3 is 0 Å². The highest BCUT2D eigenvalue weighted by molar-refractivity contribution is 6.30. The molecule has 2 aromatic rings. The zero-order chi connectivity index (χ0) is 12.7.